The van der Waals surface area contributed by atoms with Crippen molar-refractivity contribution >= 4 is 28.1 Å². The number of amides is 1. The molecule has 0 aliphatic rings. The zero-order chi connectivity index (χ0) is 17.5. The maximum Gasteiger partial charge on any atom is 0.277 e. The van der Waals surface area contributed by atoms with Gasteiger partial charge in [0.15, 0.2) is 18.1 Å². The van der Waals surface area contributed by atoms with E-state index >= 15 is 0 Å². The number of hydrogen-bond donors (Lipinski definition) is 2. The second-order valence-electron chi connectivity index (χ2n) is 4.94. The molecule has 2 N–H and O–H groups in total. The van der Waals surface area contributed by atoms with E-state index in [1.807, 2.05) is 13.0 Å². The monoisotopic (exact) mass is 392 g/mol. The number of phenolic OH excluding ortho intramolecular Hbond substituents is 1. The number of carbonyl (C=O) groups is 1. The molecule has 1 amide bonds. The highest BCUT2D eigenvalue weighted by molar-refractivity contribution is 9.10. The fourth-order valence-electron chi connectivity index (χ4n) is 1.87. The van der Waals surface area contributed by atoms with E-state index in [2.05, 4.69) is 26.5 Å². The molecule has 0 spiro atoms. The van der Waals surface area contributed by atoms with Gasteiger partial charge >= 0.3 is 0 Å². The van der Waals surface area contributed by atoms with Gasteiger partial charge in [0.05, 0.1) is 13.3 Å². The lowest BCUT2D eigenvalue weighted by Crippen LogP contribution is -2.24. The molecule has 0 radical (unpaired) electrons. The van der Waals surface area contributed by atoms with Crippen LogP contribution in [0.3, 0.4) is 0 Å². The van der Waals surface area contributed by atoms with Crippen LogP contribution < -0.4 is 14.9 Å². The summed E-state index contributed by atoms with van der Waals surface area (Å²) in [5.41, 5.74) is 3.78. The van der Waals surface area contributed by atoms with E-state index in [0.717, 1.165) is 10.0 Å². The number of benzene rings is 2. The number of halogens is 1. The summed E-state index contributed by atoms with van der Waals surface area (Å²) in [5, 5.41) is 13.5. The third-order valence-electron chi connectivity index (χ3n) is 3.06. The van der Waals surface area contributed by atoms with Gasteiger partial charge in [-0.2, -0.15) is 5.10 Å². The highest BCUT2D eigenvalue weighted by Gasteiger charge is 2.07. The molecule has 2 aromatic rings. The van der Waals surface area contributed by atoms with Crippen molar-refractivity contribution in [3.63, 3.8) is 0 Å². The lowest BCUT2D eigenvalue weighted by atomic mass is 10.1. The number of nitrogens with zero attached hydrogens (tertiary/aromatic N) is 1. The molecule has 24 heavy (non-hydrogen) atoms. The minimum Gasteiger partial charge on any atom is -0.507 e. The van der Waals surface area contributed by atoms with Gasteiger partial charge in [0, 0.05) is 10.0 Å². The number of ether oxygens (including phenoxy) is 2. The number of aryl methyl sites for hydroxylation is 1. The molecule has 0 bridgehead atoms. The Balaban J connectivity index is 1.88. The van der Waals surface area contributed by atoms with Gasteiger partial charge in [-0.3, -0.25) is 4.79 Å². The van der Waals surface area contributed by atoms with E-state index in [0.29, 0.717) is 17.1 Å². The minimum absolute atomic E-state index is 0.101. The average molecular weight is 393 g/mol. The van der Waals surface area contributed by atoms with E-state index in [9.17, 15) is 9.90 Å². The number of methoxy groups -OCH3 is 1. The van der Waals surface area contributed by atoms with Crippen molar-refractivity contribution in [1.82, 2.24) is 5.43 Å². The molecular formula is C17H17BrN2O4. The van der Waals surface area contributed by atoms with Gasteiger partial charge < -0.3 is 14.6 Å². The highest BCUT2D eigenvalue weighted by atomic mass is 79.9. The molecule has 0 saturated carbocycles. The van der Waals surface area contributed by atoms with Crippen LogP contribution in [0.15, 0.2) is 46.0 Å². The smallest absolute Gasteiger partial charge is 0.277 e. The average Bonchev–Trinajstić information content (AvgIpc) is 2.55. The molecule has 0 fully saturated rings. The quantitative estimate of drug-likeness (QED) is 0.584. The molecule has 2 rings (SSSR count). The van der Waals surface area contributed by atoms with Crippen LogP contribution in [0.25, 0.3) is 0 Å². The molecule has 7 heteroatoms. The summed E-state index contributed by atoms with van der Waals surface area (Å²) in [6.45, 7) is 1.66. The van der Waals surface area contributed by atoms with Crippen LogP contribution in [-0.4, -0.2) is 30.9 Å². The van der Waals surface area contributed by atoms with Crippen molar-refractivity contribution in [2.75, 3.05) is 13.7 Å². The third-order valence-corrected chi connectivity index (χ3v) is 3.56. The Kier molecular flexibility index (Phi) is 6.20. The highest BCUT2D eigenvalue weighted by Crippen LogP contribution is 2.30. The Hall–Kier alpha value is -2.54. The minimum atomic E-state index is -0.428. The van der Waals surface area contributed by atoms with E-state index in [1.165, 1.54) is 13.3 Å². The van der Waals surface area contributed by atoms with Crippen molar-refractivity contribution < 1.29 is 19.4 Å². The fraction of sp³-hybridized carbons (Fsp3) is 0.176. The zero-order valence-electron chi connectivity index (χ0n) is 13.2. The summed E-state index contributed by atoms with van der Waals surface area (Å²) in [4.78, 5) is 11.7. The Morgan fingerprint density at radius 2 is 2.08 bits per heavy atom. The van der Waals surface area contributed by atoms with Crippen molar-refractivity contribution in [1.29, 1.82) is 0 Å². The van der Waals surface area contributed by atoms with E-state index < -0.39 is 5.91 Å². The maximum absolute atomic E-state index is 11.7. The van der Waals surface area contributed by atoms with Gasteiger partial charge in [0.2, 0.25) is 0 Å². The molecule has 0 unspecified atom stereocenters. The SMILES string of the molecule is COc1cc(Br)ccc1OCC(=O)N/N=C/c1ccc(C)cc1O. The molecule has 6 nitrogen and oxygen atoms in total. The number of carbonyl (C=O) groups excluding carboxylic acids is 1. The predicted molar refractivity (Wildman–Crippen MR) is 94.8 cm³/mol. The topological polar surface area (TPSA) is 80.2 Å². The second kappa shape index (κ2) is 8.35. The Morgan fingerprint density at radius 1 is 1.29 bits per heavy atom. The Labute approximate surface area is 148 Å². The molecular weight excluding hydrogens is 376 g/mol. The number of nitrogens with one attached hydrogen (secondary N) is 1. The van der Waals surface area contributed by atoms with Crippen LogP contribution in [-0.2, 0) is 4.79 Å². The zero-order valence-corrected chi connectivity index (χ0v) is 14.8. The van der Waals surface area contributed by atoms with Crippen LogP contribution in [0.4, 0.5) is 0 Å². The van der Waals surface area contributed by atoms with Gasteiger partial charge in [0.25, 0.3) is 5.91 Å². The molecule has 0 aliphatic heterocycles. The molecule has 0 aliphatic carbocycles. The van der Waals surface area contributed by atoms with Crippen molar-refractivity contribution in [3.8, 4) is 17.2 Å². The van der Waals surface area contributed by atoms with Crippen molar-refractivity contribution in [3.05, 3.63) is 52.0 Å². The largest absolute Gasteiger partial charge is 0.507 e. The first-order valence-corrected chi connectivity index (χ1v) is 7.86. The fourth-order valence-corrected chi connectivity index (χ4v) is 2.21. The van der Waals surface area contributed by atoms with E-state index in [-0.39, 0.29) is 12.4 Å². The van der Waals surface area contributed by atoms with Crippen molar-refractivity contribution in [2.24, 2.45) is 5.10 Å². The third kappa shape index (κ3) is 4.99. The first-order valence-electron chi connectivity index (χ1n) is 7.07. The first-order chi connectivity index (χ1) is 11.5. The van der Waals surface area contributed by atoms with Gasteiger partial charge in [-0.15, -0.1) is 0 Å². The molecule has 0 saturated heterocycles. The second-order valence-corrected chi connectivity index (χ2v) is 5.85. The van der Waals surface area contributed by atoms with E-state index in [1.54, 1.807) is 30.3 Å². The molecule has 0 aromatic heterocycles. The summed E-state index contributed by atoms with van der Waals surface area (Å²) in [5.74, 6) is 0.646. The number of rotatable bonds is 6. The van der Waals surface area contributed by atoms with Gasteiger partial charge in [-0.05, 0) is 42.8 Å². The summed E-state index contributed by atoms with van der Waals surface area (Å²) in [6.07, 6.45) is 1.37. The number of phenols is 1. The van der Waals surface area contributed by atoms with Gasteiger partial charge in [-0.25, -0.2) is 5.43 Å². The van der Waals surface area contributed by atoms with Crippen LogP contribution >= 0.6 is 15.9 Å². The lowest BCUT2D eigenvalue weighted by molar-refractivity contribution is -0.123. The standard InChI is InChI=1S/C17H17BrN2O4/c1-11-3-4-12(14(21)7-11)9-19-20-17(22)10-24-15-6-5-13(18)8-16(15)23-2/h3-9,21H,10H2,1-2H3,(H,20,22)/b19-9+. The number of hydrogen-bond acceptors (Lipinski definition) is 5. The van der Waals surface area contributed by atoms with Crippen LogP contribution in [0, 0.1) is 6.92 Å². The normalized spacial score (nSPS) is 10.6. The summed E-state index contributed by atoms with van der Waals surface area (Å²) in [7, 11) is 1.52. The summed E-state index contributed by atoms with van der Waals surface area (Å²) in [6, 6.07) is 10.4. The predicted octanol–water partition coefficient (Wildman–Crippen LogP) is 3.00. The summed E-state index contributed by atoms with van der Waals surface area (Å²) >= 11 is 3.33. The van der Waals surface area contributed by atoms with Gasteiger partial charge in [-0.1, -0.05) is 22.0 Å². The first kappa shape index (κ1) is 17.8. The number of hydrazone groups is 1. The Morgan fingerprint density at radius 3 is 2.79 bits per heavy atom. The molecule has 126 valence electrons. The number of aromatic hydroxyl groups is 1. The lowest BCUT2D eigenvalue weighted by Gasteiger charge is -2.10. The van der Waals surface area contributed by atoms with Crippen LogP contribution in [0.1, 0.15) is 11.1 Å². The van der Waals surface area contributed by atoms with Gasteiger partial charge in [0.1, 0.15) is 5.75 Å². The van der Waals surface area contributed by atoms with Crippen LogP contribution in [0.5, 0.6) is 17.2 Å². The Bertz CT molecular complexity index is 762. The maximum atomic E-state index is 11.7. The molecule has 2 aromatic carbocycles. The molecule has 0 atom stereocenters. The van der Waals surface area contributed by atoms with Crippen molar-refractivity contribution in [2.45, 2.75) is 6.92 Å². The molecule has 0 heterocycles. The van der Waals surface area contributed by atoms with E-state index in [4.69, 9.17) is 9.47 Å². The van der Waals surface area contributed by atoms with Crippen LogP contribution in [0.2, 0.25) is 0 Å². The summed E-state index contributed by atoms with van der Waals surface area (Å²) < 4.78 is 11.4.